The molecule has 156 valence electrons. The van der Waals surface area contributed by atoms with Gasteiger partial charge in [0.2, 0.25) is 0 Å². The predicted octanol–water partition coefficient (Wildman–Crippen LogP) is 3.85. The van der Waals surface area contributed by atoms with Crippen LogP contribution in [0.25, 0.3) is 22.3 Å². The summed E-state index contributed by atoms with van der Waals surface area (Å²) >= 11 is 0. The first kappa shape index (κ1) is 20.0. The molecule has 1 aliphatic heterocycles. The number of benzene rings is 2. The highest BCUT2D eigenvalue weighted by Crippen LogP contribution is 2.33. The lowest BCUT2D eigenvalue weighted by Gasteiger charge is -2.29. The van der Waals surface area contributed by atoms with E-state index < -0.39 is 11.9 Å². The van der Waals surface area contributed by atoms with Crippen molar-refractivity contribution >= 4 is 22.8 Å². The van der Waals surface area contributed by atoms with E-state index in [0.29, 0.717) is 29.4 Å². The van der Waals surface area contributed by atoms with E-state index in [-0.39, 0.29) is 29.5 Å². The predicted molar refractivity (Wildman–Crippen MR) is 112 cm³/mol. The lowest BCUT2D eigenvalue weighted by molar-refractivity contribution is 0.120. The summed E-state index contributed by atoms with van der Waals surface area (Å²) in [4.78, 5) is 23.6. The summed E-state index contributed by atoms with van der Waals surface area (Å²) in [6, 6.07) is 10.7. The number of rotatable bonds is 4. The maximum absolute atomic E-state index is 14.1. The van der Waals surface area contributed by atoms with Crippen LogP contribution in [0.3, 0.4) is 0 Å². The molecule has 0 aliphatic carbocycles. The Morgan fingerprint density at radius 3 is 2.77 bits per heavy atom. The van der Waals surface area contributed by atoms with Crippen LogP contribution >= 0.6 is 0 Å². The van der Waals surface area contributed by atoms with E-state index in [0.717, 1.165) is 6.54 Å². The topological polar surface area (TPSA) is 87.6 Å². The summed E-state index contributed by atoms with van der Waals surface area (Å²) in [5.74, 6) is 0.0701. The lowest BCUT2D eigenvalue weighted by atomic mass is 10.1. The van der Waals surface area contributed by atoms with Gasteiger partial charge in [-0.2, -0.15) is 0 Å². The van der Waals surface area contributed by atoms with Gasteiger partial charge in [-0.05, 0) is 57.1 Å². The molecule has 0 bridgehead atoms. The van der Waals surface area contributed by atoms with E-state index in [9.17, 15) is 14.3 Å². The number of amides is 1. The van der Waals surface area contributed by atoms with Gasteiger partial charge in [-0.25, -0.2) is 19.2 Å². The second-order valence-corrected chi connectivity index (χ2v) is 7.50. The fraction of sp³-hybridized carbons (Fsp3) is 0.318. The molecule has 3 aromatic rings. The van der Waals surface area contributed by atoms with Crippen molar-refractivity contribution in [2.45, 2.75) is 32.4 Å². The van der Waals surface area contributed by atoms with Crippen LogP contribution in [0.5, 0.6) is 5.75 Å². The SMILES string of the molecule is CC(C)OC(=O)N(c1nc(-c2ccccc2O)nc2ccc(F)cc12)[C@@H]1CCNC1. The van der Waals surface area contributed by atoms with Gasteiger partial charge in [-0.3, -0.25) is 4.90 Å². The van der Waals surface area contributed by atoms with Crippen LogP contribution in [0.4, 0.5) is 15.0 Å². The summed E-state index contributed by atoms with van der Waals surface area (Å²) in [6.07, 6.45) is -0.164. The Bertz CT molecular complexity index is 1080. The van der Waals surface area contributed by atoms with Crippen LogP contribution in [-0.4, -0.2) is 46.4 Å². The Morgan fingerprint density at radius 2 is 2.07 bits per heavy atom. The zero-order valence-corrected chi connectivity index (χ0v) is 16.8. The number of halogens is 1. The van der Waals surface area contributed by atoms with Crippen molar-refractivity contribution in [2.75, 3.05) is 18.0 Å². The highest BCUT2D eigenvalue weighted by Gasteiger charge is 2.32. The van der Waals surface area contributed by atoms with Gasteiger partial charge in [0.1, 0.15) is 17.4 Å². The molecule has 0 saturated carbocycles. The van der Waals surface area contributed by atoms with Crippen molar-refractivity contribution in [3.05, 3.63) is 48.3 Å². The van der Waals surface area contributed by atoms with Crippen molar-refractivity contribution in [2.24, 2.45) is 0 Å². The fourth-order valence-corrected chi connectivity index (χ4v) is 3.58. The van der Waals surface area contributed by atoms with Crippen LogP contribution in [0.1, 0.15) is 20.3 Å². The number of anilines is 1. The van der Waals surface area contributed by atoms with Crippen LogP contribution in [0.2, 0.25) is 0 Å². The molecule has 2 N–H and O–H groups in total. The average molecular weight is 410 g/mol. The Balaban J connectivity index is 1.94. The van der Waals surface area contributed by atoms with E-state index in [1.54, 1.807) is 38.1 Å². The number of fused-ring (bicyclic) bond motifs is 1. The monoisotopic (exact) mass is 410 g/mol. The number of hydrogen-bond acceptors (Lipinski definition) is 6. The third kappa shape index (κ3) is 3.91. The Labute approximate surface area is 173 Å². The summed E-state index contributed by atoms with van der Waals surface area (Å²) in [5, 5.41) is 13.9. The Kier molecular flexibility index (Phi) is 5.50. The molecule has 0 unspecified atom stereocenters. The standard InChI is InChI=1S/C22H23FN4O3/c1-13(2)30-22(29)27(15-9-10-24-12-15)21-17-11-14(23)7-8-18(17)25-20(26-21)16-5-3-4-6-19(16)28/h3-8,11,13,15,24,28H,9-10,12H2,1-2H3/t15-/m1/s1. The molecule has 1 atom stereocenters. The summed E-state index contributed by atoms with van der Waals surface area (Å²) in [7, 11) is 0. The van der Waals surface area contributed by atoms with E-state index in [1.165, 1.54) is 23.1 Å². The molecule has 1 amide bonds. The molecule has 1 aromatic heterocycles. The number of nitrogens with zero attached hydrogens (tertiary/aromatic N) is 3. The second-order valence-electron chi connectivity index (χ2n) is 7.50. The molecule has 8 heteroatoms. The number of phenolic OH excluding ortho intramolecular Hbond substituents is 1. The van der Waals surface area contributed by atoms with E-state index in [1.807, 2.05) is 0 Å². The van der Waals surface area contributed by atoms with Crippen molar-refractivity contribution in [1.82, 2.24) is 15.3 Å². The number of para-hydroxylation sites is 1. The fourth-order valence-electron chi connectivity index (χ4n) is 3.58. The van der Waals surface area contributed by atoms with Gasteiger partial charge in [-0.15, -0.1) is 0 Å². The van der Waals surface area contributed by atoms with Crippen molar-refractivity contribution in [1.29, 1.82) is 0 Å². The first-order valence-corrected chi connectivity index (χ1v) is 9.90. The number of carbonyl (C=O) groups excluding carboxylic acids is 1. The van der Waals surface area contributed by atoms with E-state index in [4.69, 9.17) is 4.74 Å². The average Bonchev–Trinajstić information content (AvgIpc) is 3.22. The second kappa shape index (κ2) is 8.23. The molecule has 1 fully saturated rings. The molecular weight excluding hydrogens is 387 g/mol. The van der Waals surface area contributed by atoms with Gasteiger partial charge in [0.25, 0.3) is 0 Å². The lowest BCUT2D eigenvalue weighted by Crippen LogP contribution is -2.43. The molecule has 2 heterocycles. The van der Waals surface area contributed by atoms with Crippen LogP contribution in [-0.2, 0) is 4.74 Å². The zero-order valence-electron chi connectivity index (χ0n) is 16.8. The smallest absolute Gasteiger partial charge is 0.416 e. The summed E-state index contributed by atoms with van der Waals surface area (Å²) < 4.78 is 19.6. The zero-order chi connectivity index (χ0) is 21.3. The van der Waals surface area contributed by atoms with Gasteiger partial charge in [0.15, 0.2) is 5.82 Å². The van der Waals surface area contributed by atoms with Crippen LogP contribution in [0.15, 0.2) is 42.5 Å². The third-order valence-corrected chi connectivity index (χ3v) is 4.94. The maximum Gasteiger partial charge on any atom is 0.416 e. The highest BCUT2D eigenvalue weighted by atomic mass is 19.1. The number of ether oxygens (including phenoxy) is 1. The molecule has 1 saturated heterocycles. The van der Waals surface area contributed by atoms with E-state index in [2.05, 4.69) is 15.3 Å². The minimum atomic E-state index is -0.550. The number of aromatic hydroxyl groups is 1. The van der Waals surface area contributed by atoms with Gasteiger partial charge >= 0.3 is 6.09 Å². The molecule has 1 aliphatic rings. The Hall–Kier alpha value is -3.26. The number of aromatic nitrogens is 2. The first-order chi connectivity index (χ1) is 14.4. The largest absolute Gasteiger partial charge is 0.507 e. The van der Waals surface area contributed by atoms with Crippen LogP contribution < -0.4 is 10.2 Å². The molecule has 30 heavy (non-hydrogen) atoms. The number of hydrogen-bond donors (Lipinski definition) is 2. The van der Waals surface area contributed by atoms with Crippen LogP contribution in [0, 0.1) is 5.82 Å². The van der Waals surface area contributed by atoms with Crippen molar-refractivity contribution in [3.63, 3.8) is 0 Å². The molecule has 7 nitrogen and oxygen atoms in total. The molecular formula is C22H23FN4O3. The molecule has 2 aromatic carbocycles. The number of phenols is 1. The molecule has 0 radical (unpaired) electrons. The van der Waals surface area contributed by atoms with Gasteiger partial charge < -0.3 is 15.2 Å². The molecule has 0 spiro atoms. The molecule has 4 rings (SSSR count). The highest BCUT2D eigenvalue weighted by molar-refractivity contribution is 5.99. The first-order valence-electron chi connectivity index (χ1n) is 9.90. The number of carbonyl (C=O) groups is 1. The van der Waals surface area contributed by atoms with Crippen molar-refractivity contribution < 1.29 is 19.0 Å². The summed E-state index contributed by atoms with van der Waals surface area (Å²) in [6.45, 7) is 4.86. The summed E-state index contributed by atoms with van der Waals surface area (Å²) in [5.41, 5.74) is 0.889. The van der Waals surface area contributed by atoms with Gasteiger partial charge in [0, 0.05) is 11.9 Å². The normalized spacial score (nSPS) is 16.2. The number of nitrogens with one attached hydrogen (secondary N) is 1. The third-order valence-electron chi connectivity index (χ3n) is 4.94. The van der Waals surface area contributed by atoms with Gasteiger partial charge in [-0.1, -0.05) is 12.1 Å². The van der Waals surface area contributed by atoms with Gasteiger partial charge in [0.05, 0.1) is 23.2 Å². The maximum atomic E-state index is 14.1. The minimum absolute atomic E-state index is 0.0174. The Morgan fingerprint density at radius 1 is 1.27 bits per heavy atom. The van der Waals surface area contributed by atoms with Crippen molar-refractivity contribution in [3.8, 4) is 17.1 Å². The quantitative estimate of drug-likeness (QED) is 0.679. The minimum Gasteiger partial charge on any atom is -0.507 e. The van der Waals surface area contributed by atoms with E-state index >= 15 is 0 Å².